The first-order valence-electron chi connectivity index (χ1n) is 9.19. The summed E-state index contributed by atoms with van der Waals surface area (Å²) in [5, 5.41) is 0.598. The molecule has 2 aromatic rings. The number of benzene rings is 2. The Kier molecular flexibility index (Phi) is 8.70. The van der Waals surface area contributed by atoms with Crippen molar-refractivity contribution in [3.8, 4) is 5.75 Å². The van der Waals surface area contributed by atoms with Crippen LogP contribution in [0.1, 0.15) is 15.9 Å². The zero-order chi connectivity index (χ0) is 19.9. The van der Waals surface area contributed by atoms with Crippen molar-refractivity contribution in [2.24, 2.45) is 0 Å². The maximum absolute atomic E-state index is 12.3. The van der Waals surface area contributed by atoms with E-state index in [2.05, 4.69) is 4.90 Å². The third-order valence-corrected chi connectivity index (χ3v) is 5.02. The van der Waals surface area contributed by atoms with Gasteiger partial charge in [0.25, 0.3) is 5.91 Å². The van der Waals surface area contributed by atoms with Crippen LogP contribution in [0.25, 0.3) is 6.08 Å². The highest BCUT2D eigenvalue weighted by Gasteiger charge is 2.19. The number of ether oxygens (including phenoxy) is 1. The lowest BCUT2D eigenvalue weighted by Gasteiger charge is -2.32. The van der Waals surface area contributed by atoms with Crippen LogP contribution in [0.5, 0.6) is 5.75 Å². The highest BCUT2D eigenvalue weighted by Crippen LogP contribution is 2.18. The first-order valence-corrected chi connectivity index (χ1v) is 9.57. The predicted molar refractivity (Wildman–Crippen MR) is 118 cm³/mol. The highest BCUT2D eigenvalue weighted by atomic mass is 35.5. The lowest BCUT2D eigenvalue weighted by atomic mass is 10.1. The second kappa shape index (κ2) is 11.0. The molecule has 0 bridgehead atoms. The Morgan fingerprint density at radius 1 is 1.03 bits per heavy atom. The van der Waals surface area contributed by atoms with E-state index in [-0.39, 0.29) is 30.7 Å². The summed E-state index contributed by atoms with van der Waals surface area (Å²) in [6.45, 7) is 3.21. The first-order chi connectivity index (χ1) is 13.5. The lowest BCUT2D eigenvalue weighted by molar-refractivity contribution is -0.134. The number of likely N-dealkylation sites (N-methyl/N-ethyl adjacent to an activating group) is 1. The van der Waals surface area contributed by atoms with Crippen molar-refractivity contribution in [3.05, 3.63) is 70.8 Å². The number of halogens is 2. The molecule has 0 unspecified atom stereocenters. The van der Waals surface area contributed by atoms with E-state index in [1.807, 2.05) is 30.1 Å². The molecule has 0 N–H and O–H groups in total. The summed E-state index contributed by atoms with van der Waals surface area (Å²) in [5.41, 5.74) is 1.33. The van der Waals surface area contributed by atoms with Gasteiger partial charge in [-0.3, -0.25) is 9.59 Å². The van der Waals surface area contributed by atoms with Gasteiger partial charge in [0.1, 0.15) is 5.75 Å². The van der Waals surface area contributed by atoms with Crippen molar-refractivity contribution in [1.29, 1.82) is 0 Å². The number of piperazine rings is 1. The van der Waals surface area contributed by atoms with Crippen LogP contribution >= 0.6 is 24.0 Å². The first kappa shape index (κ1) is 22.9. The molecule has 1 saturated heterocycles. The summed E-state index contributed by atoms with van der Waals surface area (Å²) in [6, 6.07) is 14.1. The molecule has 1 aliphatic rings. The van der Waals surface area contributed by atoms with Crippen molar-refractivity contribution in [1.82, 2.24) is 9.80 Å². The molecule has 1 heterocycles. The quantitative estimate of drug-likeness (QED) is 0.512. The van der Waals surface area contributed by atoms with Gasteiger partial charge in [-0.25, -0.2) is 0 Å². The maximum Gasteiger partial charge on any atom is 0.260 e. The molecule has 0 aliphatic carbocycles. The van der Waals surface area contributed by atoms with E-state index < -0.39 is 0 Å². The Bertz CT molecular complexity index is 861. The normalized spacial score (nSPS) is 14.5. The number of carbonyl (C=O) groups is 2. The molecule has 7 heteroatoms. The van der Waals surface area contributed by atoms with Crippen molar-refractivity contribution < 1.29 is 14.3 Å². The summed E-state index contributed by atoms with van der Waals surface area (Å²) in [7, 11) is 2.05. The molecule has 3 rings (SSSR count). The number of nitrogens with zero attached hydrogens (tertiary/aromatic N) is 2. The minimum absolute atomic E-state index is 0. The number of hydrogen-bond donors (Lipinski definition) is 0. The van der Waals surface area contributed by atoms with Gasteiger partial charge in [0.15, 0.2) is 12.4 Å². The minimum Gasteiger partial charge on any atom is -0.484 e. The molecule has 1 amide bonds. The monoisotopic (exact) mass is 434 g/mol. The van der Waals surface area contributed by atoms with Crippen LogP contribution in [0.2, 0.25) is 5.02 Å². The Hall–Kier alpha value is -2.34. The summed E-state index contributed by atoms with van der Waals surface area (Å²) >= 11 is 6.09. The van der Waals surface area contributed by atoms with E-state index in [1.165, 1.54) is 6.08 Å². The zero-order valence-electron chi connectivity index (χ0n) is 16.2. The topological polar surface area (TPSA) is 49.9 Å². The smallest absolute Gasteiger partial charge is 0.260 e. The molecule has 0 radical (unpaired) electrons. The van der Waals surface area contributed by atoms with Crippen LogP contribution in [-0.4, -0.2) is 61.3 Å². The Labute approximate surface area is 182 Å². The molecule has 154 valence electrons. The van der Waals surface area contributed by atoms with Crippen molar-refractivity contribution >= 4 is 41.8 Å². The van der Waals surface area contributed by atoms with E-state index >= 15 is 0 Å². The summed E-state index contributed by atoms with van der Waals surface area (Å²) < 4.78 is 5.58. The zero-order valence-corrected chi connectivity index (χ0v) is 17.8. The molecular formula is C22H24Cl2N2O3. The Morgan fingerprint density at radius 3 is 2.34 bits per heavy atom. The van der Waals surface area contributed by atoms with Gasteiger partial charge in [-0.05, 0) is 55.1 Å². The molecule has 1 fully saturated rings. The van der Waals surface area contributed by atoms with Gasteiger partial charge >= 0.3 is 0 Å². The van der Waals surface area contributed by atoms with Gasteiger partial charge < -0.3 is 14.5 Å². The fourth-order valence-electron chi connectivity index (χ4n) is 2.88. The Morgan fingerprint density at radius 2 is 1.69 bits per heavy atom. The molecule has 0 saturated carbocycles. The van der Waals surface area contributed by atoms with E-state index in [0.29, 0.717) is 16.3 Å². The molecule has 1 aliphatic heterocycles. The molecule has 5 nitrogen and oxygen atoms in total. The highest BCUT2D eigenvalue weighted by molar-refractivity contribution is 6.32. The van der Waals surface area contributed by atoms with Crippen LogP contribution in [0.3, 0.4) is 0 Å². The summed E-state index contributed by atoms with van der Waals surface area (Å²) in [6.07, 6.45) is 3.19. The van der Waals surface area contributed by atoms with Gasteiger partial charge in [-0.2, -0.15) is 0 Å². The fraction of sp³-hybridized carbons (Fsp3) is 0.273. The van der Waals surface area contributed by atoms with Crippen LogP contribution in [-0.2, 0) is 4.79 Å². The van der Waals surface area contributed by atoms with Gasteiger partial charge in [-0.1, -0.05) is 29.8 Å². The number of ketones is 1. The summed E-state index contributed by atoms with van der Waals surface area (Å²) in [4.78, 5) is 28.5. The standard InChI is InChI=1S/C22H23ClN2O3.ClH/c1-24-12-14-25(15-13-24)22(27)16-28-19-9-6-18(7-10-19)21(26)11-8-17-4-2-3-5-20(17)23;/h2-11H,12-16H2,1H3;1H/b11-8+;. The molecule has 0 aromatic heterocycles. The SMILES string of the molecule is CN1CCN(C(=O)COc2ccc(C(=O)/C=C/c3ccccc3Cl)cc2)CC1.Cl. The number of hydrogen-bond acceptors (Lipinski definition) is 4. The van der Waals surface area contributed by atoms with Crippen LogP contribution in [0.15, 0.2) is 54.6 Å². The number of allylic oxidation sites excluding steroid dienone is 1. The fourth-order valence-corrected chi connectivity index (χ4v) is 3.08. The molecular weight excluding hydrogens is 411 g/mol. The summed E-state index contributed by atoms with van der Waals surface area (Å²) in [5.74, 6) is 0.421. The average molecular weight is 435 g/mol. The largest absolute Gasteiger partial charge is 0.484 e. The Balaban J connectivity index is 0.00000300. The molecule has 0 spiro atoms. The van der Waals surface area contributed by atoms with E-state index in [0.717, 1.165) is 31.7 Å². The van der Waals surface area contributed by atoms with Crippen molar-refractivity contribution in [3.63, 3.8) is 0 Å². The van der Waals surface area contributed by atoms with Crippen LogP contribution in [0, 0.1) is 0 Å². The molecule has 29 heavy (non-hydrogen) atoms. The van der Waals surface area contributed by atoms with Crippen molar-refractivity contribution in [2.45, 2.75) is 0 Å². The van der Waals surface area contributed by atoms with Crippen molar-refractivity contribution in [2.75, 3.05) is 39.8 Å². The van der Waals surface area contributed by atoms with E-state index in [4.69, 9.17) is 16.3 Å². The van der Waals surface area contributed by atoms with Gasteiger partial charge in [0, 0.05) is 36.8 Å². The van der Waals surface area contributed by atoms with Gasteiger partial charge in [0.2, 0.25) is 0 Å². The second-order valence-corrected chi connectivity index (χ2v) is 7.12. The molecule has 2 aromatic carbocycles. The third-order valence-electron chi connectivity index (χ3n) is 4.68. The lowest BCUT2D eigenvalue weighted by Crippen LogP contribution is -2.48. The number of carbonyl (C=O) groups excluding carboxylic acids is 2. The van der Waals surface area contributed by atoms with Crippen LogP contribution < -0.4 is 4.74 Å². The van der Waals surface area contributed by atoms with Gasteiger partial charge in [0.05, 0.1) is 0 Å². The third kappa shape index (κ3) is 6.60. The molecule has 0 atom stereocenters. The number of amides is 1. The predicted octanol–water partition coefficient (Wildman–Crippen LogP) is 3.81. The minimum atomic E-state index is -0.125. The maximum atomic E-state index is 12.3. The average Bonchev–Trinajstić information content (AvgIpc) is 2.72. The number of rotatable bonds is 6. The van der Waals surface area contributed by atoms with E-state index in [1.54, 1.807) is 36.4 Å². The second-order valence-electron chi connectivity index (χ2n) is 6.72. The van der Waals surface area contributed by atoms with Gasteiger partial charge in [-0.15, -0.1) is 12.4 Å². The van der Waals surface area contributed by atoms with Crippen LogP contribution in [0.4, 0.5) is 0 Å². The van der Waals surface area contributed by atoms with E-state index in [9.17, 15) is 9.59 Å².